The Morgan fingerprint density at radius 3 is 2.57 bits per heavy atom. The maximum Gasteiger partial charge on any atom is 0.279 e. The molecule has 0 fully saturated rings. The van der Waals surface area contributed by atoms with Crippen LogP contribution in [0.2, 0.25) is 0 Å². The number of benzene rings is 2. The lowest BCUT2D eigenvalue weighted by atomic mass is 10.0. The molecule has 3 heterocycles. The van der Waals surface area contributed by atoms with Gasteiger partial charge < -0.3 is 19.9 Å². The standard InChI is InChI=1S/C25H20F3N3O4/c1-12-7-18(27)15(19(28)8-12)9-29-24(34)16-11-30-14-6-5-13-3-2-4-17(26)20(13)31(10-14)25(35)21(30)23(33)22(16)32/h2-4,7-8,11,14,33H,5-6,9-10H2,1H3,(H,29,34). The fraction of sp³-hybridized carbons (Fsp3) is 0.240. The monoisotopic (exact) mass is 483 g/mol. The molecule has 0 spiro atoms. The summed E-state index contributed by atoms with van der Waals surface area (Å²) in [6.45, 7) is 1.08. The summed E-state index contributed by atoms with van der Waals surface area (Å²) in [4.78, 5) is 40.0. The van der Waals surface area contributed by atoms with Gasteiger partial charge in [-0.25, -0.2) is 13.2 Å². The summed E-state index contributed by atoms with van der Waals surface area (Å²) in [5.41, 5.74) is -1.19. The third-order valence-corrected chi connectivity index (χ3v) is 6.49. The molecule has 0 aliphatic carbocycles. The second kappa shape index (κ2) is 8.30. The van der Waals surface area contributed by atoms with Gasteiger partial charge in [-0.1, -0.05) is 12.1 Å². The van der Waals surface area contributed by atoms with Crippen LogP contribution >= 0.6 is 0 Å². The zero-order chi connectivity index (χ0) is 25.0. The van der Waals surface area contributed by atoms with E-state index in [-0.39, 0.29) is 23.5 Å². The maximum absolute atomic E-state index is 14.6. The summed E-state index contributed by atoms with van der Waals surface area (Å²) < 4.78 is 44.2. The molecule has 1 unspecified atom stereocenters. The summed E-state index contributed by atoms with van der Waals surface area (Å²) >= 11 is 0. The average molecular weight is 483 g/mol. The molecule has 2 aromatic carbocycles. The molecule has 5 rings (SSSR count). The van der Waals surface area contributed by atoms with Crippen LogP contribution in [0.3, 0.4) is 0 Å². The van der Waals surface area contributed by atoms with E-state index >= 15 is 0 Å². The zero-order valence-electron chi connectivity index (χ0n) is 18.6. The van der Waals surface area contributed by atoms with Crippen molar-refractivity contribution < 1.29 is 27.9 Å². The molecule has 2 bridgehead atoms. The van der Waals surface area contributed by atoms with E-state index < -0.39 is 58.6 Å². The molecule has 35 heavy (non-hydrogen) atoms. The van der Waals surface area contributed by atoms with Crippen LogP contribution in [0.15, 0.2) is 41.3 Å². The molecule has 2 N–H and O–H groups in total. The maximum atomic E-state index is 14.6. The van der Waals surface area contributed by atoms with E-state index in [0.717, 1.165) is 12.1 Å². The van der Waals surface area contributed by atoms with Gasteiger partial charge in [0, 0.05) is 24.8 Å². The van der Waals surface area contributed by atoms with E-state index in [1.165, 1.54) is 28.7 Å². The predicted molar refractivity (Wildman–Crippen MR) is 120 cm³/mol. The molecule has 1 aromatic heterocycles. The lowest BCUT2D eigenvalue weighted by molar-refractivity contribution is 0.0928. The van der Waals surface area contributed by atoms with Crippen molar-refractivity contribution in [2.24, 2.45) is 0 Å². The SMILES string of the molecule is Cc1cc(F)c(CNC(=O)c2cn3c(c(O)c2=O)C(=O)N2CC3CCc3cccc(F)c32)c(F)c1. The molecule has 0 saturated carbocycles. The Balaban J connectivity index is 1.51. The number of nitrogens with one attached hydrogen (secondary N) is 1. The van der Waals surface area contributed by atoms with Crippen LogP contribution in [-0.2, 0) is 13.0 Å². The first kappa shape index (κ1) is 22.7. The van der Waals surface area contributed by atoms with Gasteiger partial charge >= 0.3 is 0 Å². The average Bonchev–Trinajstić information content (AvgIpc) is 2.97. The van der Waals surface area contributed by atoms with Crippen LogP contribution < -0.4 is 15.6 Å². The first-order chi connectivity index (χ1) is 16.7. The van der Waals surface area contributed by atoms with Crippen LogP contribution in [-0.4, -0.2) is 28.0 Å². The molecule has 0 radical (unpaired) electrons. The lowest BCUT2D eigenvalue weighted by Crippen LogP contribution is -2.45. The molecular weight excluding hydrogens is 463 g/mol. The van der Waals surface area contributed by atoms with Crippen molar-refractivity contribution in [2.75, 3.05) is 11.4 Å². The summed E-state index contributed by atoms with van der Waals surface area (Å²) in [7, 11) is 0. The Bertz CT molecular complexity index is 1440. The number of nitrogens with zero attached hydrogens (tertiary/aromatic N) is 2. The molecule has 3 aromatic rings. The Morgan fingerprint density at radius 1 is 1.14 bits per heavy atom. The van der Waals surface area contributed by atoms with Gasteiger partial charge in [0.15, 0.2) is 11.4 Å². The number of carbonyl (C=O) groups excluding carboxylic acids is 2. The van der Waals surface area contributed by atoms with E-state index in [9.17, 15) is 32.7 Å². The first-order valence-corrected chi connectivity index (χ1v) is 11.0. The van der Waals surface area contributed by atoms with Crippen LogP contribution in [0.4, 0.5) is 18.9 Å². The van der Waals surface area contributed by atoms with Crippen LogP contribution in [0.25, 0.3) is 0 Å². The topological polar surface area (TPSA) is 91.6 Å². The van der Waals surface area contributed by atoms with Crippen LogP contribution in [0, 0.1) is 24.4 Å². The van der Waals surface area contributed by atoms with Crippen molar-refractivity contribution in [2.45, 2.75) is 32.4 Å². The Labute approximate surface area is 197 Å². The summed E-state index contributed by atoms with van der Waals surface area (Å²) in [5.74, 6) is -4.94. The molecular formula is C25H20F3N3O4. The van der Waals surface area contributed by atoms with Crippen LogP contribution in [0.5, 0.6) is 5.75 Å². The zero-order valence-corrected chi connectivity index (χ0v) is 18.6. The van der Waals surface area contributed by atoms with Crippen molar-refractivity contribution in [1.82, 2.24) is 9.88 Å². The smallest absolute Gasteiger partial charge is 0.279 e. The van der Waals surface area contributed by atoms with Gasteiger partial charge in [-0.3, -0.25) is 14.4 Å². The summed E-state index contributed by atoms with van der Waals surface area (Å²) in [6, 6.07) is 6.29. The number of carbonyl (C=O) groups is 2. The number of pyridine rings is 1. The highest BCUT2D eigenvalue weighted by molar-refractivity contribution is 6.08. The minimum Gasteiger partial charge on any atom is -0.503 e. The van der Waals surface area contributed by atoms with Gasteiger partial charge in [-0.05, 0) is 49.1 Å². The number of rotatable bonds is 3. The van der Waals surface area contributed by atoms with Gasteiger partial charge in [-0.15, -0.1) is 0 Å². The van der Waals surface area contributed by atoms with Gasteiger partial charge in [0.25, 0.3) is 11.8 Å². The number of amides is 2. The van der Waals surface area contributed by atoms with Crippen molar-refractivity contribution in [3.8, 4) is 5.75 Å². The largest absolute Gasteiger partial charge is 0.503 e. The quantitative estimate of drug-likeness (QED) is 0.598. The van der Waals surface area contributed by atoms with Crippen molar-refractivity contribution in [3.63, 3.8) is 0 Å². The number of para-hydroxylation sites is 1. The third-order valence-electron chi connectivity index (χ3n) is 6.49. The second-order valence-corrected chi connectivity index (χ2v) is 8.72. The number of aromatic hydroxyl groups is 1. The highest BCUT2D eigenvalue weighted by Crippen LogP contribution is 2.38. The number of fused-ring (bicyclic) bond motifs is 6. The minimum absolute atomic E-state index is 0.0862. The Morgan fingerprint density at radius 2 is 1.86 bits per heavy atom. The number of halogens is 3. The number of anilines is 1. The predicted octanol–water partition coefficient (Wildman–Crippen LogP) is 3.36. The molecule has 1 atom stereocenters. The van der Waals surface area contributed by atoms with E-state index in [2.05, 4.69) is 5.32 Å². The van der Waals surface area contributed by atoms with Gasteiger partial charge in [0.2, 0.25) is 5.43 Å². The normalized spacial score (nSPS) is 16.4. The molecule has 2 aliphatic heterocycles. The molecule has 7 nitrogen and oxygen atoms in total. The van der Waals surface area contributed by atoms with E-state index in [4.69, 9.17) is 0 Å². The van der Waals surface area contributed by atoms with Crippen molar-refractivity contribution >= 4 is 17.5 Å². The third kappa shape index (κ3) is 3.65. The fourth-order valence-electron chi connectivity index (χ4n) is 4.76. The van der Waals surface area contributed by atoms with Gasteiger partial charge in [-0.2, -0.15) is 0 Å². The first-order valence-electron chi connectivity index (χ1n) is 11.0. The fourth-order valence-corrected chi connectivity index (χ4v) is 4.76. The van der Waals surface area contributed by atoms with E-state index in [1.807, 2.05) is 0 Å². The Hall–Kier alpha value is -4.08. The number of aromatic nitrogens is 1. The van der Waals surface area contributed by atoms with Crippen molar-refractivity contribution in [3.05, 3.63) is 92.2 Å². The molecule has 180 valence electrons. The second-order valence-electron chi connectivity index (χ2n) is 8.72. The molecule has 10 heteroatoms. The lowest BCUT2D eigenvalue weighted by Gasteiger charge is -2.35. The Kier molecular flexibility index (Phi) is 5.38. The minimum atomic E-state index is -1.11. The van der Waals surface area contributed by atoms with Gasteiger partial charge in [0.05, 0.1) is 11.7 Å². The molecule has 2 aliphatic rings. The summed E-state index contributed by atoms with van der Waals surface area (Å²) in [5, 5.41) is 12.9. The van der Waals surface area contributed by atoms with Crippen molar-refractivity contribution in [1.29, 1.82) is 0 Å². The number of aryl methyl sites for hydroxylation is 2. The summed E-state index contributed by atoms with van der Waals surface area (Å²) in [6.07, 6.45) is 2.05. The highest BCUT2D eigenvalue weighted by atomic mass is 19.1. The number of hydrogen-bond donors (Lipinski definition) is 2. The van der Waals surface area contributed by atoms with Gasteiger partial charge in [0.1, 0.15) is 23.0 Å². The van der Waals surface area contributed by atoms with Crippen LogP contribution in [0.1, 0.15) is 50.0 Å². The van der Waals surface area contributed by atoms with E-state index in [0.29, 0.717) is 24.0 Å². The van der Waals surface area contributed by atoms with E-state index in [1.54, 1.807) is 12.1 Å². The molecule has 2 amide bonds. The molecule has 0 saturated heterocycles. The highest BCUT2D eigenvalue weighted by Gasteiger charge is 2.39. The number of hydrogen-bond acceptors (Lipinski definition) is 4.